The number of rotatable bonds is 9. The molecule has 2 amide bonds. The third-order valence-corrected chi connectivity index (χ3v) is 8.16. The van der Waals surface area contributed by atoms with Gasteiger partial charge in [-0.2, -0.15) is 0 Å². The number of phenols is 2. The Labute approximate surface area is 265 Å². The molecule has 0 spiro atoms. The van der Waals surface area contributed by atoms with Crippen LogP contribution in [0.3, 0.4) is 0 Å². The SMILES string of the molecule is O=C(N[C@H](CO)c1ccccc1)c1cc2ccccc2c(-c2c(O)c(C(=O)N[C@H](CO)c3ccccc3)cc3ccccc23)c1O. The summed E-state index contributed by atoms with van der Waals surface area (Å²) < 4.78 is 0. The Balaban J connectivity index is 1.51. The molecular formula is C38H32N2O6. The highest BCUT2D eigenvalue weighted by Crippen LogP contribution is 2.47. The molecule has 0 fully saturated rings. The zero-order valence-corrected chi connectivity index (χ0v) is 24.7. The predicted octanol–water partition coefficient (Wildman–Crippen LogP) is 6.00. The average Bonchev–Trinajstić information content (AvgIpc) is 3.10. The molecule has 6 N–H and O–H groups in total. The highest BCUT2D eigenvalue weighted by molar-refractivity contribution is 6.16. The summed E-state index contributed by atoms with van der Waals surface area (Å²) in [6.45, 7) is -0.727. The molecule has 0 aromatic heterocycles. The van der Waals surface area contributed by atoms with Gasteiger partial charge in [0.25, 0.3) is 11.8 Å². The Hall–Kier alpha value is -5.70. The van der Waals surface area contributed by atoms with Crippen LogP contribution in [0.1, 0.15) is 43.9 Å². The van der Waals surface area contributed by atoms with Crippen LogP contribution in [0.5, 0.6) is 11.5 Å². The second kappa shape index (κ2) is 13.1. The topological polar surface area (TPSA) is 139 Å². The summed E-state index contributed by atoms with van der Waals surface area (Å²) in [4.78, 5) is 27.4. The number of hydrogen-bond acceptors (Lipinski definition) is 6. The molecule has 0 aliphatic heterocycles. The number of nitrogens with one attached hydrogen (secondary N) is 2. The fourth-order valence-corrected chi connectivity index (χ4v) is 5.84. The number of phenolic OH excluding ortho intramolecular Hbond substituents is 2. The summed E-state index contributed by atoms with van der Waals surface area (Å²) in [5.41, 5.74) is 1.61. The van der Waals surface area contributed by atoms with Crippen molar-refractivity contribution in [2.24, 2.45) is 0 Å². The van der Waals surface area contributed by atoms with Crippen molar-refractivity contribution in [1.82, 2.24) is 10.6 Å². The van der Waals surface area contributed by atoms with E-state index < -0.39 is 35.4 Å². The van der Waals surface area contributed by atoms with E-state index in [1.54, 1.807) is 109 Å². The van der Waals surface area contributed by atoms with Gasteiger partial charge in [0.15, 0.2) is 0 Å². The molecule has 8 heteroatoms. The molecule has 6 aromatic rings. The van der Waals surface area contributed by atoms with Crippen molar-refractivity contribution in [2.45, 2.75) is 12.1 Å². The van der Waals surface area contributed by atoms with Gasteiger partial charge in [-0.3, -0.25) is 9.59 Å². The number of amides is 2. The van der Waals surface area contributed by atoms with E-state index in [9.17, 15) is 30.0 Å². The van der Waals surface area contributed by atoms with Gasteiger partial charge in [0.05, 0.1) is 36.4 Å². The van der Waals surface area contributed by atoms with Crippen molar-refractivity contribution in [2.75, 3.05) is 13.2 Å². The number of carbonyl (C=O) groups excluding carboxylic acids is 2. The van der Waals surface area contributed by atoms with Crippen molar-refractivity contribution in [3.63, 3.8) is 0 Å². The van der Waals surface area contributed by atoms with Gasteiger partial charge >= 0.3 is 0 Å². The molecule has 0 heterocycles. The van der Waals surface area contributed by atoms with Crippen LogP contribution in [0.4, 0.5) is 0 Å². The van der Waals surface area contributed by atoms with Crippen LogP contribution in [0.2, 0.25) is 0 Å². The van der Waals surface area contributed by atoms with E-state index in [0.29, 0.717) is 32.7 Å². The summed E-state index contributed by atoms with van der Waals surface area (Å²) >= 11 is 0. The van der Waals surface area contributed by atoms with Crippen LogP contribution in [0.15, 0.2) is 121 Å². The number of aromatic hydroxyl groups is 2. The summed E-state index contributed by atoms with van der Waals surface area (Å²) in [6, 6.07) is 33.9. The molecule has 0 radical (unpaired) electrons. The van der Waals surface area contributed by atoms with E-state index >= 15 is 0 Å². The van der Waals surface area contributed by atoms with Gasteiger partial charge in [-0.15, -0.1) is 0 Å². The first-order valence-electron chi connectivity index (χ1n) is 14.8. The number of aliphatic hydroxyl groups excluding tert-OH is 2. The Morgan fingerprint density at radius 1 is 0.522 bits per heavy atom. The van der Waals surface area contributed by atoms with Crippen molar-refractivity contribution in [3.05, 3.63) is 144 Å². The van der Waals surface area contributed by atoms with Gasteiger partial charge in [-0.25, -0.2) is 0 Å². The van der Waals surface area contributed by atoms with Crippen molar-refractivity contribution < 1.29 is 30.0 Å². The lowest BCUT2D eigenvalue weighted by atomic mass is 9.88. The quantitative estimate of drug-likeness (QED) is 0.118. The summed E-state index contributed by atoms with van der Waals surface area (Å²) in [7, 11) is 0. The molecule has 6 aromatic carbocycles. The molecule has 0 saturated heterocycles. The number of fused-ring (bicyclic) bond motifs is 2. The molecule has 0 aliphatic rings. The third-order valence-electron chi connectivity index (χ3n) is 8.16. The van der Waals surface area contributed by atoms with Crippen LogP contribution in [-0.4, -0.2) is 45.5 Å². The summed E-state index contributed by atoms with van der Waals surface area (Å²) in [5.74, 6) is -2.04. The van der Waals surface area contributed by atoms with Crippen LogP contribution >= 0.6 is 0 Å². The van der Waals surface area contributed by atoms with Crippen LogP contribution < -0.4 is 10.6 Å². The molecule has 0 saturated carbocycles. The summed E-state index contributed by atoms with van der Waals surface area (Å²) in [5, 5.41) is 51.8. The second-order valence-electron chi connectivity index (χ2n) is 11.0. The highest BCUT2D eigenvalue weighted by atomic mass is 16.3. The number of aliphatic hydroxyl groups is 2. The maximum Gasteiger partial charge on any atom is 0.255 e. The van der Waals surface area contributed by atoms with E-state index in [2.05, 4.69) is 10.6 Å². The van der Waals surface area contributed by atoms with Gasteiger partial charge in [0, 0.05) is 11.1 Å². The minimum atomic E-state index is -0.728. The van der Waals surface area contributed by atoms with E-state index in [0.717, 1.165) is 0 Å². The van der Waals surface area contributed by atoms with Gasteiger partial charge in [-0.1, -0.05) is 109 Å². The minimum Gasteiger partial charge on any atom is -0.506 e. The Morgan fingerprint density at radius 2 is 0.870 bits per heavy atom. The Bertz CT molecular complexity index is 1900. The first-order chi connectivity index (χ1) is 22.4. The number of benzene rings is 6. The van der Waals surface area contributed by atoms with Crippen LogP contribution in [-0.2, 0) is 0 Å². The molecule has 8 nitrogen and oxygen atoms in total. The van der Waals surface area contributed by atoms with Crippen LogP contribution in [0.25, 0.3) is 32.7 Å². The van der Waals surface area contributed by atoms with Crippen molar-refractivity contribution in [3.8, 4) is 22.6 Å². The summed E-state index contributed by atoms with van der Waals surface area (Å²) in [6.07, 6.45) is 0. The van der Waals surface area contributed by atoms with E-state index in [-0.39, 0.29) is 35.5 Å². The lowest BCUT2D eigenvalue weighted by Crippen LogP contribution is -2.31. The molecule has 46 heavy (non-hydrogen) atoms. The van der Waals surface area contributed by atoms with Gasteiger partial charge < -0.3 is 31.1 Å². The minimum absolute atomic E-state index is 0.0640. The van der Waals surface area contributed by atoms with E-state index in [1.807, 2.05) is 12.1 Å². The Kier molecular flexibility index (Phi) is 8.65. The first-order valence-corrected chi connectivity index (χ1v) is 14.8. The van der Waals surface area contributed by atoms with Gasteiger partial charge in [-0.05, 0) is 44.8 Å². The smallest absolute Gasteiger partial charge is 0.255 e. The molecule has 0 bridgehead atoms. The average molecular weight is 613 g/mol. The van der Waals surface area contributed by atoms with Crippen molar-refractivity contribution >= 4 is 33.4 Å². The number of hydrogen-bond donors (Lipinski definition) is 6. The molecule has 0 aliphatic carbocycles. The van der Waals surface area contributed by atoms with E-state index in [4.69, 9.17) is 0 Å². The maximum atomic E-state index is 13.7. The lowest BCUT2D eigenvalue weighted by Gasteiger charge is -2.21. The Morgan fingerprint density at radius 3 is 1.24 bits per heavy atom. The molecule has 0 unspecified atom stereocenters. The molecular weight excluding hydrogens is 580 g/mol. The van der Waals surface area contributed by atoms with Gasteiger partial charge in [0.1, 0.15) is 11.5 Å². The maximum absolute atomic E-state index is 13.7. The molecule has 2 atom stereocenters. The fourth-order valence-electron chi connectivity index (χ4n) is 5.84. The van der Waals surface area contributed by atoms with E-state index in [1.165, 1.54) is 0 Å². The predicted molar refractivity (Wildman–Crippen MR) is 178 cm³/mol. The van der Waals surface area contributed by atoms with Crippen LogP contribution in [0, 0.1) is 0 Å². The molecule has 6 rings (SSSR count). The lowest BCUT2D eigenvalue weighted by molar-refractivity contribution is 0.0906. The monoisotopic (exact) mass is 612 g/mol. The number of carbonyl (C=O) groups is 2. The fraction of sp³-hybridized carbons (Fsp3) is 0.105. The zero-order valence-electron chi connectivity index (χ0n) is 24.7. The highest BCUT2D eigenvalue weighted by Gasteiger charge is 2.27. The molecule has 230 valence electrons. The zero-order chi connectivity index (χ0) is 32.2. The largest absolute Gasteiger partial charge is 0.506 e. The van der Waals surface area contributed by atoms with Gasteiger partial charge in [0.2, 0.25) is 0 Å². The second-order valence-corrected chi connectivity index (χ2v) is 11.0. The first kappa shape index (κ1) is 30.3. The third kappa shape index (κ3) is 5.75. The standard InChI is InChI=1S/C38H32N2O6/c41-21-31(23-11-3-1-4-12-23)39-37(45)29-19-25-15-7-9-17-27(25)33(35(29)43)34-28-18-10-8-16-26(28)20-30(36(34)44)38(46)40-32(22-42)24-13-5-2-6-14-24/h1-20,31-32,41-44H,21-22H2,(H,39,45)(H,40,46)/t31-,32-/m1/s1. The normalized spacial score (nSPS) is 12.5. The van der Waals surface area contributed by atoms with Crippen molar-refractivity contribution in [1.29, 1.82) is 0 Å².